The van der Waals surface area contributed by atoms with Crippen molar-refractivity contribution in [1.82, 2.24) is 0 Å². The van der Waals surface area contributed by atoms with Crippen molar-refractivity contribution in [2.75, 3.05) is 13.2 Å². The van der Waals surface area contributed by atoms with E-state index in [9.17, 15) is 5.11 Å². The fraction of sp³-hybridized carbons (Fsp3) is 0.667. The molecular weight excluding hydrogens is 206 g/mol. The minimum atomic E-state index is -0.130. The first-order valence-corrected chi connectivity index (χ1v) is 6.38. The summed E-state index contributed by atoms with van der Waals surface area (Å²) in [5, 5.41) is 13.8. The molecule has 1 unspecified atom stereocenters. The van der Waals surface area contributed by atoms with Crippen LogP contribution in [0.15, 0.2) is 16.8 Å². The quantitative estimate of drug-likeness (QED) is 0.783. The zero-order valence-electron chi connectivity index (χ0n) is 9.57. The lowest BCUT2D eigenvalue weighted by Gasteiger charge is -2.32. The van der Waals surface area contributed by atoms with Gasteiger partial charge >= 0.3 is 0 Å². The van der Waals surface area contributed by atoms with Gasteiger partial charge in [0.1, 0.15) is 0 Å². The molecule has 1 aromatic heterocycles. The summed E-state index contributed by atoms with van der Waals surface area (Å²) in [4.78, 5) is 0. The predicted molar refractivity (Wildman–Crippen MR) is 66.1 cm³/mol. The molecule has 3 heteroatoms. The normalized spacial score (nSPS) is 15.5. The van der Waals surface area contributed by atoms with Gasteiger partial charge in [-0.1, -0.05) is 13.8 Å². The maximum Gasteiger partial charge on any atom is 0.0502 e. The molecular formula is C12H21NOS. The van der Waals surface area contributed by atoms with E-state index < -0.39 is 0 Å². The monoisotopic (exact) mass is 227 g/mol. The van der Waals surface area contributed by atoms with Crippen molar-refractivity contribution in [3.05, 3.63) is 22.4 Å². The summed E-state index contributed by atoms with van der Waals surface area (Å²) in [5.74, 6) is 0.569. The molecule has 1 rings (SSSR count). The highest BCUT2D eigenvalue weighted by molar-refractivity contribution is 7.07. The highest BCUT2D eigenvalue weighted by Crippen LogP contribution is 2.30. The first kappa shape index (κ1) is 12.7. The van der Waals surface area contributed by atoms with Crippen molar-refractivity contribution in [2.45, 2.75) is 26.7 Å². The maximum atomic E-state index is 9.55. The topological polar surface area (TPSA) is 46.2 Å². The minimum absolute atomic E-state index is 0.130. The zero-order chi connectivity index (χ0) is 11.3. The van der Waals surface area contributed by atoms with Gasteiger partial charge in [0.05, 0.1) is 6.61 Å². The van der Waals surface area contributed by atoms with Crippen LogP contribution in [0.2, 0.25) is 0 Å². The molecule has 0 saturated heterocycles. The molecule has 86 valence electrons. The van der Waals surface area contributed by atoms with E-state index in [0.717, 1.165) is 12.8 Å². The van der Waals surface area contributed by atoms with Crippen LogP contribution in [0.5, 0.6) is 0 Å². The highest BCUT2D eigenvalue weighted by Gasteiger charge is 2.29. The smallest absolute Gasteiger partial charge is 0.0502 e. The molecule has 0 aliphatic carbocycles. The summed E-state index contributed by atoms with van der Waals surface area (Å²) >= 11 is 1.70. The van der Waals surface area contributed by atoms with Gasteiger partial charge in [0.2, 0.25) is 0 Å². The third-order valence-electron chi connectivity index (χ3n) is 2.77. The molecule has 0 radical (unpaired) electrons. The van der Waals surface area contributed by atoms with E-state index in [4.69, 9.17) is 5.73 Å². The van der Waals surface area contributed by atoms with Gasteiger partial charge in [-0.2, -0.15) is 11.3 Å². The Balaban J connectivity index is 2.71. The Morgan fingerprint density at radius 3 is 2.67 bits per heavy atom. The molecule has 0 amide bonds. The third kappa shape index (κ3) is 3.59. The second-order valence-electron chi connectivity index (χ2n) is 4.77. The van der Waals surface area contributed by atoms with Crippen LogP contribution in [-0.2, 0) is 6.42 Å². The number of aliphatic hydroxyl groups excluding tert-OH is 1. The number of thiophene rings is 1. The van der Waals surface area contributed by atoms with Crippen LogP contribution in [0.25, 0.3) is 0 Å². The number of hydrogen-bond acceptors (Lipinski definition) is 3. The van der Waals surface area contributed by atoms with Gasteiger partial charge < -0.3 is 10.8 Å². The van der Waals surface area contributed by atoms with E-state index in [2.05, 4.69) is 30.7 Å². The van der Waals surface area contributed by atoms with Crippen molar-refractivity contribution >= 4 is 11.3 Å². The molecule has 15 heavy (non-hydrogen) atoms. The van der Waals surface area contributed by atoms with E-state index in [1.54, 1.807) is 11.3 Å². The van der Waals surface area contributed by atoms with Crippen molar-refractivity contribution in [3.8, 4) is 0 Å². The first-order valence-electron chi connectivity index (χ1n) is 5.44. The third-order valence-corrected chi connectivity index (χ3v) is 3.50. The van der Waals surface area contributed by atoms with Crippen LogP contribution in [0.1, 0.15) is 25.8 Å². The summed E-state index contributed by atoms with van der Waals surface area (Å²) in [6, 6.07) is 2.12. The van der Waals surface area contributed by atoms with Crippen LogP contribution in [0, 0.1) is 11.3 Å². The Morgan fingerprint density at radius 1 is 1.53 bits per heavy atom. The summed E-state index contributed by atoms with van der Waals surface area (Å²) in [5.41, 5.74) is 6.99. The molecule has 0 aliphatic heterocycles. The Hall–Kier alpha value is -0.380. The van der Waals surface area contributed by atoms with E-state index >= 15 is 0 Å². The molecule has 1 heterocycles. The fourth-order valence-corrected chi connectivity index (χ4v) is 2.77. The maximum absolute atomic E-state index is 9.55. The summed E-state index contributed by atoms with van der Waals surface area (Å²) in [6.45, 7) is 5.08. The summed E-state index contributed by atoms with van der Waals surface area (Å²) < 4.78 is 0. The Labute approximate surface area is 96.1 Å². The number of hydrogen-bond donors (Lipinski definition) is 2. The van der Waals surface area contributed by atoms with Crippen LogP contribution in [0.4, 0.5) is 0 Å². The fourth-order valence-electron chi connectivity index (χ4n) is 2.10. The van der Waals surface area contributed by atoms with Crippen LogP contribution >= 0.6 is 11.3 Å². The molecule has 0 fully saturated rings. The van der Waals surface area contributed by atoms with Crippen LogP contribution in [0.3, 0.4) is 0 Å². The van der Waals surface area contributed by atoms with Crippen LogP contribution in [-0.4, -0.2) is 18.3 Å². The van der Waals surface area contributed by atoms with Crippen LogP contribution < -0.4 is 5.73 Å². The van der Waals surface area contributed by atoms with E-state index in [1.807, 2.05) is 0 Å². The van der Waals surface area contributed by atoms with Gasteiger partial charge in [0.25, 0.3) is 0 Å². The lowest BCUT2D eigenvalue weighted by atomic mass is 9.76. The average Bonchev–Trinajstić information content (AvgIpc) is 2.68. The molecule has 1 atom stereocenters. The molecule has 0 spiro atoms. The zero-order valence-corrected chi connectivity index (χ0v) is 10.4. The van der Waals surface area contributed by atoms with Gasteiger partial charge in [0, 0.05) is 12.0 Å². The first-order chi connectivity index (χ1) is 7.12. The lowest BCUT2D eigenvalue weighted by Crippen LogP contribution is -2.37. The molecule has 0 bridgehead atoms. The number of aliphatic hydroxyl groups is 1. The molecule has 1 aromatic rings. The molecule has 0 aliphatic rings. The Bertz CT molecular complexity index is 265. The Kier molecular flexibility index (Phi) is 4.77. The summed E-state index contributed by atoms with van der Waals surface area (Å²) in [7, 11) is 0. The van der Waals surface area contributed by atoms with E-state index in [-0.39, 0.29) is 12.0 Å². The largest absolute Gasteiger partial charge is 0.396 e. The number of nitrogens with two attached hydrogens (primary N) is 1. The number of rotatable bonds is 6. The SMILES string of the molecule is CC(C)CC(CN)(CO)Cc1ccsc1. The second-order valence-corrected chi connectivity index (χ2v) is 5.55. The van der Waals surface area contributed by atoms with Crippen molar-refractivity contribution in [3.63, 3.8) is 0 Å². The van der Waals surface area contributed by atoms with Gasteiger partial charge in [0.15, 0.2) is 0 Å². The highest BCUT2D eigenvalue weighted by atomic mass is 32.1. The van der Waals surface area contributed by atoms with Gasteiger partial charge in [-0.25, -0.2) is 0 Å². The standard InChI is InChI=1S/C12H21NOS/c1-10(2)5-12(8-13,9-14)6-11-3-4-15-7-11/h3-4,7,10,14H,5-6,8-9,13H2,1-2H3. The van der Waals surface area contributed by atoms with Crippen molar-refractivity contribution < 1.29 is 5.11 Å². The van der Waals surface area contributed by atoms with E-state index in [1.165, 1.54) is 5.56 Å². The van der Waals surface area contributed by atoms with E-state index in [0.29, 0.717) is 12.5 Å². The molecule has 0 saturated carbocycles. The summed E-state index contributed by atoms with van der Waals surface area (Å²) in [6.07, 6.45) is 1.87. The molecule has 2 nitrogen and oxygen atoms in total. The molecule has 3 N–H and O–H groups in total. The second kappa shape index (κ2) is 5.64. The minimum Gasteiger partial charge on any atom is -0.396 e. The average molecular weight is 227 g/mol. The Morgan fingerprint density at radius 2 is 2.27 bits per heavy atom. The van der Waals surface area contributed by atoms with Crippen molar-refractivity contribution in [2.24, 2.45) is 17.1 Å². The van der Waals surface area contributed by atoms with Crippen molar-refractivity contribution in [1.29, 1.82) is 0 Å². The predicted octanol–water partition coefficient (Wildman–Crippen LogP) is 2.27. The van der Waals surface area contributed by atoms with Gasteiger partial charge in [-0.05, 0) is 41.1 Å². The van der Waals surface area contributed by atoms with Gasteiger partial charge in [-0.3, -0.25) is 0 Å². The van der Waals surface area contributed by atoms with Gasteiger partial charge in [-0.15, -0.1) is 0 Å². The molecule has 0 aromatic carbocycles. The lowest BCUT2D eigenvalue weighted by molar-refractivity contribution is 0.108.